The van der Waals surface area contributed by atoms with E-state index in [9.17, 15) is 0 Å². The van der Waals surface area contributed by atoms with E-state index >= 15 is 0 Å². The van der Waals surface area contributed by atoms with Gasteiger partial charge in [-0.3, -0.25) is 4.99 Å². The largest absolute Gasteiger partial charge is 0.525 e. The number of hydrogen-bond donors (Lipinski definition) is 2. The van der Waals surface area contributed by atoms with Crippen LogP contribution in [0.2, 0.25) is 0 Å². The van der Waals surface area contributed by atoms with Gasteiger partial charge in [0.1, 0.15) is 5.66 Å². The van der Waals surface area contributed by atoms with E-state index in [0.29, 0.717) is 0 Å². The Morgan fingerprint density at radius 2 is 2.44 bits per heavy atom. The van der Waals surface area contributed by atoms with Gasteiger partial charge in [0.15, 0.2) is 6.73 Å². The highest BCUT2D eigenvalue weighted by Crippen LogP contribution is 2.00. The Kier molecular flexibility index (Phi) is 1.86. The maximum atomic E-state index is 8.48. The predicted molar refractivity (Wildman–Crippen MR) is 32.7 cm³/mol. The van der Waals surface area contributed by atoms with Crippen LogP contribution in [0.15, 0.2) is 16.7 Å². The second-order valence-electron chi connectivity index (χ2n) is 1.55. The maximum absolute atomic E-state index is 8.48. The van der Waals surface area contributed by atoms with Crippen molar-refractivity contribution in [3.63, 3.8) is 0 Å². The van der Waals surface area contributed by atoms with E-state index in [2.05, 4.69) is 4.99 Å². The van der Waals surface area contributed by atoms with Crippen molar-refractivity contribution < 1.29 is 14.8 Å². The number of aliphatic imine (C=N–C) groups is 1. The molecule has 0 saturated heterocycles. The molecule has 0 aromatic rings. The van der Waals surface area contributed by atoms with Crippen LogP contribution in [0.4, 0.5) is 0 Å². The fraction of sp³-hybridized carbons (Fsp3) is 0.250. The fourth-order valence-electron chi connectivity index (χ4n) is 0.490. The summed E-state index contributed by atoms with van der Waals surface area (Å²) in [5.74, 6) is 0. The van der Waals surface area contributed by atoms with Gasteiger partial charge in [0.05, 0.1) is 0 Å². The molecule has 0 amide bonds. The molecular weight excluding hydrogens is 121 g/mol. The molecular formula is C4H6BNO3. The molecule has 48 valence electrons. The second kappa shape index (κ2) is 2.66. The third-order valence-electron chi connectivity index (χ3n) is 0.904. The Bertz CT molecular complexity index is 154. The van der Waals surface area contributed by atoms with Crippen molar-refractivity contribution in [2.24, 2.45) is 4.99 Å². The molecule has 0 fully saturated rings. The zero-order valence-corrected chi connectivity index (χ0v) is 4.69. The Hall–Kier alpha value is -0.805. The highest BCUT2D eigenvalue weighted by molar-refractivity contribution is 6.50. The maximum Gasteiger partial charge on any atom is 0.525 e. The first kappa shape index (κ1) is 6.32. The Morgan fingerprint density at radius 1 is 1.67 bits per heavy atom. The number of allylic oxidation sites excluding steroid dienone is 1. The van der Waals surface area contributed by atoms with Crippen molar-refractivity contribution in [3.8, 4) is 0 Å². The van der Waals surface area contributed by atoms with Crippen LogP contribution in [0.5, 0.6) is 0 Å². The molecule has 0 unspecified atom stereocenters. The van der Waals surface area contributed by atoms with Gasteiger partial charge in [-0.1, -0.05) is 0 Å². The van der Waals surface area contributed by atoms with Crippen LogP contribution in [-0.4, -0.2) is 30.1 Å². The van der Waals surface area contributed by atoms with Crippen molar-refractivity contribution in [2.75, 3.05) is 6.73 Å². The normalized spacial score (nSPS) is 16.4. The monoisotopic (exact) mass is 127 g/mol. The molecule has 5 heteroatoms. The van der Waals surface area contributed by atoms with E-state index in [0.717, 1.165) is 0 Å². The zero-order valence-electron chi connectivity index (χ0n) is 4.69. The summed E-state index contributed by atoms with van der Waals surface area (Å²) < 4.78 is 4.70. The third-order valence-corrected chi connectivity index (χ3v) is 0.904. The first-order chi connectivity index (χ1) is 4.30. The Morgan fingerprint density at radius 3 is 2.78 bits per heavy atom. The zero-order chi connectivity index (χ0) is 6.69. The third kappa shape index (κ3) is 1.55. The number of rotatable bonds is 1. The Balaban J connectivity index is 2.57. The summed E-state index contributed by atoms with van der Waals surface area (Å²) in [5.41, 5.74) is 0.144. The van der Waals surface area contributed by atoms with Crippen LogP contribution in [0.1, 0.15) is 0 Å². The van der Waals surface area contributed by atoms with Gasteiger partial charge in [-0.15, -0.1) is 0 Å². The summed E-state index contributed by atoms with van der Waals surface area (Å²) >= 11 is 0. The van der Waals surface area contributed by atoms with Gasteiger partial charge in [-0.05, 0) is 6.08 Å². The van der Waals surface area contributed by atoms with Gasteiger partial charge in [-0.2, -0.15) is 0 Å². The number of ether oxygens (including phenoxy) is 1. The molecule has 0 atom stereocenters. The van der Waals surface area contributed by atoms with E-state index in [1.807, 2.05) is 0 Å². The van der Waals surface area contributed by atoms with Crippen molar-refractivity contribution in [2.45, 2.75) is 0 Å². The topological polar surface area (TPSA) is 62.0 Å². The summed E-state index contributed by atoms with van der Waals surface area (Å²) in [6.45, 7) is 0.170. The van der Waals surface area contributed by atoms with E-state index in [4.69, 9.17) is 14.8 Å². The van der Waals surface area contributed by atoms with Gasteiger partial charge in [0.25, 0.3) is 0 Å². The fourth-order valence-corrected chi connectivity index (χ4v) is 0.490. The molecule has 4 nitrogen and oxygen atoms in total. The summed E-state index contributed by atoms with van der Waals surface area (Å²) in [7, 11) is -1.52. The minimum Gasteiger partial charge on any atom is -0.479 e. The lowest BCUT2D eigenvalue weighted by atomic mass is 9.88. The molecule has 2 N–H and O–H groups in total. The predicted octanol–water partition coefficient (Wildman–Crippen LogP) is -1.06. The van der Waals surface area contributed by atoms with E-state index in [-0.39, 0.29) is 12.4 Å². The van der Waals surface area contributed by atoms with Crippen LogP contribution < -0.4 is 0 Å². The summed E-state index contributed by atoms with van der Waals surface area (Å²) in [4.78, 5) is 3.66. The van der Waals surface area contributed by atoms with Gasteiger partial charge in [-0.25, -0.2) is 0 Å². The van der Waals surface area contributed by atoms with Crippen LogP contribution in [-0.2, 0) is 4.74 Å². The minimum atomic E-state index is -1.52. The summed E-state index contributed by atoms with van der Waals surface area (Å²) in [6.07, 6.45) is 2.88. The number of nitrogens with zero attached hydrogens (tertiary/aromatic N) is 1. The Labute approximate surface area is 52.6 Å². The molecule has 9 heavy (non-hydrogen) atoms. The molecule has 1 heterocycles. The van der Waals surface area contributed by atoms with Crippen LogP contribution in [0, 0.1) is 0 Å². The highest BCUT2D eigenvalue weighted by Gasteiger charge is 2.16. The molecule has 1 aliphatic rings. The highest BCUT2D eigenvalue weighted by atomic mass is 16.5. The van der Waals surface area contributed by atoms with Crippen molar-refractivity contribution in [1.82, 2.24) is 0 Å². The lowest BCUT2D eigenvalue weighted by molar-refractivity contribution is 0.220. The SMILES string of the molecule is OB(O)C1=CC=NCO1. The summed E-state index contributed by atoms with van der Waals surface area (Å²) in [5, 5.41) is 17.0. The van der Waals surface area contributed by atoms with Crippen LogP contribution in [0.3, 0.4) is 0 Å². The molecule has 1 aliphatic heterocycles. The van der Waals surface area contributed by atoms with Crippen molar-refractivity contribution in [3.05, 3.63) is 11.7 Å². The van der Waals surface area contributed by atoms with E-state index in [1.54, 1.807) is 0 Å². The molecule has 0 aliphatic carbocycles. The molecule has 0 aromatic carbocycles. The van der Waals surface area contributed by atoms with Gasteiger partial charge in [0.2, 0.25) is 0 Å². The van der Waals surface area contributed by atoms with E-state index in [1.165, 1.54) is 12.3 Å². The van der Waals surface area contributed by atoms with Gasteiger partial charge in [0, 0.05) is 6.21 Å². The number of hydrogen-bond acceptors (Lipinski definition) is 4. The van der Waals surface area contributed by atoms with Gasteiger partial charge >= 0.3 is 7.12 Å². The molecule has 0 radical (unpaired) electrons. The molecule has 0 saturated carbocycles. The average Bonchev–Trinajstić information content (AvgIpc) is 1.90. The van der Waals surface area contributed by atoms with Gasteiger partial charge < -0.3 is 14.8 Å². The first-order valence-corrected chi connectivity index (χ1v) is 2.49. The quantitative estimate of drug-likeness (QED) is 0.441. The van der Waals surface area contributed by atoms with E-state index < -0.39 is 7.12 Å². The van der Waals surface area contributed by atoms with Crippen LogP contribution in [0.25, 0.3) is 0 Å². The molecule has 0 spiro atoms. The summed E-state index contributed by atoms with van der Waals surface area (Å²) in [6, 6.07) is 0. The standard InChI is InChI=1S/C4H6BNO3/c7-5(8)4-1-2-6-3-9-4/h1-2,7-8H,3H2. The minimum absolute atomic E-state index is 0.144. The average molecular weight is 127 g/mol. The molecule has 1 rings (SSSR count). The molecule has 0 bridgehead atoms. The van der Waals surface area contributed by atoms with Crippen molar-refractivity contribution in [1.29, 1.82) is 0 Å². The smallest absolute Gasteiger partial charge is 0.479 e. The van der Waals surface area contributed by atoms with Crippen LogP contribution >= 0.6 is 0 Å². The lowest BCUT2D eigenvalue weighted by Gasteiger charge is -2.08. The first-order valence-electron chi connectivity index (χ1n) is 2.49. The second-order valence-corrected chi connectivity index (χ2v) is 1.55. The van der Waals surface area contributed by atoms with Crippen molar-refractivity contribution >= 4 is 13.3 Å². The lowest BCUT2D eigenvalue weighted by Crippen LogP contribution is -2.19. The molecule has 0 aromatic heterocycles.